The third kappa shape index (κ3) is 3.82. The van der Waals surface area contributed by atoms with Crippen LogP contribution in [-0.4, -0.2) is 15.5 Å². The van der Waals surface area contributed by atoms with Gasteiger partial charge in [-0.3, -0.25) is 0 Å². The Morgan fingerprint density at radius 1 is 0.935 bits per heavy atom. The summed E-state index contributed by atoms with van der Waals surface area (Å²) in [6, 6.07) is 29.7. The SMILES string of the molecule is O=C(NCc1ccccc1)N1Cc2ccccc2-n2cccc2[C@@H]1c1cccc(Cl)c1. The van der Waals surface area contributed by atoms with Gasteiger partial charge in [-0.2, -0.15) is 0 Å². The number of halogens is 1. The van der Waals surface area contributed by atoms with E-state index in [4.69, 9.17) is 11.6 Å². The summed E-state index contributed by atoms with van der Waals surface area (Å²) in [7, 11) is 0. The highest BCUT2D eigenvalue weighted by Gasteiger charge is 2.32. The van der Waals surface area contributed by atoms with Gasteiger partial charge in [0.25, 0.3) is 0 Å². The Hall–Kier alpha value is -3.50. The van der Waals surface area contributed by atoms with Crippen molar-refractivity contribution < 1.29 is 4.79 Å². The molecule has 1 aliphatic heterocycles. The zero-order chi connectivity index (χ0) is 21.2. The maximum atomic E-state index is 13.5. The molecule has 1 aliphatic rings. The number of fused-ring (bicyclic) bond motifs is 3. The first-order chi connectivity index (χ1) is 15.2. The molecule has 0 fully saturated rings. The second kappa shape index (κ2) is 8.32. The molecule has 2 heterocycles. The van der Waals surface area contributed by atoms with Crippen LogP contribution in [0.25, 0.3) is 5.69 Å². The lowest BCUT2D eigenvalue weighted by Crippen LogP contribution is -2.41. The second-order valence-electron chi connectivity index (χ2n) is 7.66. The largest absolute Gasteiger partial charge is 0.334 e. The number of urea groups is 1. The Bertz CT molecular complexity index is 1220. The fourth-order valence-corrected chi connectivity index (χ4v) is 4.44. The van der Waals surface area contributed by atoms with Crippen molar-refractivity contribution in [2.24, 2.45) is 0 Å². The highest BCUT2D eigenvalue weighted by Crippen LogP contribution is 2.37. The van der Waals surface area contributed by atoms with Crippen molar-refractivity contribution in [1.29, 1.82) is 0 Å². The van der Waals surface area contributed by atoms with Crippen LogP contribution in [0.5, 0.6) is 0 Å². The molecule has 1 N–H and O–H groups in total. The highest BCUT2D eigenvalue weighted by molar-refractivity contribution is 6.30. The molecule has 5 heteroatoms. The van der Waals surface area contributed by atoms with Gasteiger partial charge in [-0.15, -0.1) is 0 Å². The number of rotatable bonds is 3. The molecule has 4 aromatic rings. The molecule has 3 aromatic carbocycles. The van der Waals surface area contributed by atoms with Crippen LogP contribution in [-0.2, 0) is 13.1 Å². The Morgan fingerprint density at radius 3 is 2.58 bits per heavy atom. The van der Waals surface area contributed by atoms with E-state index in [1.165, 1.54) is 0 Å². The molecular weight excluding hydrogens is 406 g/mol. The first kappa shape index (κ1) is 19.5. The van der Waals surface area contributed by atoms with Crippen molar-refractivity contribution in [1.82, 2.24) is 14.8 Å². The highest BCUT2D eigenvalue weighted by atomic mass is 35.5. The molecule has 1 atom stereocenters. The molecule has 4 nitrogen and oxygen atoms in total. The lowest BCUT2D eigenvalue weighted by molar-refractivity contribution is 0.180. The molecule has 0 bridgehead atoms. The quantitative estimate of drug-likeness (QED) is 0.431. The van der Waals surface area contributed by atoms with Gasteiger partial charge >= 0.3 is 6.03 Å². The monoisotopic (exact) mass is 427 g/mol. The predicted octanol–water partition coefficient (Wildman–Crippen LogP) is 5.95. The van der Waals surface area contributed by atoms with E-state index >= 15 is 0 Å². The van der Waals surface area contributed by atoms with Crippen LogP contribution in [0.2, 0.25) is 5.02 Å². The summed E-state index contributed by atoms with van der Waals surface area (Å²) in [6.07, 6.45) is 2.05. The van der Waals surface area contributed by atoms with Gasteiger partial charge in [0, 0.05) is 23.5 Å². The molecule has 2 amide bonds. The number of carbonyl (C=O) groups is 1. The lowest BCUT2D eigenvalue weighted by Gasteiger charge is -2.31. The van der Waals surface area contributed by atoms with Gasteiger partial charge in [-0.1, -0.05) is 72.3 Å². The molecule has 0 spiro atoms. The maximum absolute atomic E-state index is 13.5. The third-order valence-electron chi connectivity index (χ3n) is 5.68. The van der Waals surface area contributed by atoms with Gasteiger partial charge in [-0.05, 0) is 47.0 Å². The van der Waals surface area contributed by atoms with Crippen LogP contribution in [0.15, 0.2) is 97.2 Å². The minimum atomic E-state index is -0.267. The topological polar surface area (TPSA) is 37.3 Å². The number of hydrogen-bond donors (Lipinski definition) is 1. The van der Waals surface area contributed by atoms with Gasteiger partial charge in [-0.25, -0.2) is 4.79 Å². The minimum Gasteiger partial charge on any atom is -0.334 e. The molecule has 154 valence electrons. The summed E-state index contributed by atoms with van der Waals surface area (Å²) in [5, 5.41) is 3.76. The molecule has 0 unspecified atom stereocenters. The van der Waals surface area contributed by atoms with Gasteiger partial charge in [0.1, 0.15) is 0 Å². The van der Waals surface area contributed by atoms with Crippen LogP contribution in [0.4, 0.5) is 4.79 Å². The molecular formula is C26H22ClN3O. The van der Waals surface area contributed by atoms with E-state index in [9.17, 15) is 4.79 Å². The second-order valence-corrected chi connectivity index (χ2v) is 8.10. The zero-order valence-corrected chi connectivity index (χ0v) is 17.7. The van der Waals surface area contributed by atoms with E-state index in [2.05, 4.69) is 34.3 Å². The summed E-state index contributed by atoms with van der Waals surface area (Å²) < 4.78 is 2.17. The molecule has 0 saturated heterocycles. The molecule has 0 aliphatic carbocycles. The van der Waals surface area contributed by atoms with Gasteiger partial charge in [0.15, 0.2) is 0 Å². The van der Waals surface area contributed by atoms with Crippen molar-refractivity contribution >= 4 is 17.6 Å². The molecule has 5 rings (SSSR count). The Balaban J connectivity index is 1.57. The number of nitrogens with one attached hydrogen (secondary N) is 1. The average Bonchev–Trinajstić information content (AvgIpc) is 3.22. The van der Waals surface area contributed by atoms with Gasteiger partial charge < -0.3 is 14.8 Å². The third-order valence-corrected chi connectivity index (χ3v) is 5.91. The smallest absolute Gasteiger partial charge is 0.318 e. The Labute approximate surface area is 186 Å². The van der Waals surface area contributed by atoms with E-state index in [0.717, 1.165) is 28.1 Å². The van der Waals surface area contributed by atoms with Crippen LogP contribution >= 0.6 is 11.6 Å². The van der Waals surface area contributed by atoms with Gasteiger partial charge in [0.05, 0.1) is 18.3 Å². The van der Waals surface area contributed by atoms with E-state index in [-0.39, 0.29) is 12.1 Å². The number of aromatic nitrogens is 1. The van der Waals surface area contributed by atoms with Crippen molar-refractivity contribution in [3.05, 3.63) is 125 Å². The number of benzene rings is 3. The first-order valence-corrected chi connectivity index (χ1v) is 10.7. The van der Waals surface area contributed by atoms with Crippen molar-refractivity contribution in [3.8, 4) is 5.69 Å². The fraction of sp³-hybridized carbons (Fsp3) is 0.115. The number of nitrogens with zero attached hydrogens (tertiary/aromatic N) is 2. The first-order valence-electron chi connectivity index (χ1n) is 10.3. The minimum absolute atomic E-state index is 0.113. The van der Waals surface area contributed by atoms with Crippen LogP contribution in [0, 0.1) is 0 Å². The van der Waals surface area contributed by atoms with Crippen LogP contribution in [0.1, 0.15) is 28.4 Å². The molecule has 0 radical (unpaired) electrons. The Morgan fingerprint density at radius 2 is 1.74 bits per heavy atom. The fourth-order valence-electron chi connectivity index (χ4n) is 4.24. The number of carbonyl (C=O) groups excluding carboxylic acids is 1. The van der Waals surface area contributed by atoms with Crippen molar-refractivity contribution in [3.63, 3.8) is 0 Å². The van der Waals surface area contributed by atoms with Crippen LogP contribution < -0.4 is 5.32 Å². The molecule has 1 aromatic heterocycles. The van der Waals surface area contributed by atoms with E-state index in [1.807, 2.05) is 77.7 Å². The van der Waals surface area contributed by atoms with E-state index < -0.39 is 0 Å². The van der Waals surface area contributed by atoms with Gasteiger partial charge in [0.2, 0.25) is 0 Å². The number of para-hydroxylation sites is 1. The number of hydrogen-bond acceptors (Lipinski definition) is 1. The summed E-state index contributed by atoms with van der Waals surface area (Å²) in [5.74, 6) is 0. The molecule has 31 heavy (non-hydrogen) atoms. The summed E-state index contributed by atoms with van der Waals surface area (Å²) >= 11 is 6.34. The average molecular weight is 428 g/mol. The predicted molar refractivity (Wildman–Crippen MR) is 123 cm³/mol. The maximum Gasteiger partial charge on any atom is 0.318 e. The normalized spacial score (nSPS) is 15.0. The summed E-state index contributed by atoms with van der Waals surface area (Å²) in [4.78, 5) is 15.4. The Kier molecular flexibility index (Phi) is 5.23. The van der Waals surface area contributed by atoms with E-state index in [0.29, 0.717) is 18.1 Å². The van der Waals surface area contributed by atoms with Crippen LogP contribution in [0.3, 0.4) is 0 Å². The summed E-state index contributed by atoms with van der Waals surface area (Å²) in [6.45, 7) is 0.969. The van der Waals surface area contributed by atoms with E-state index in [1.54, 1.807) is 0 Å². The lowest BCUT2D eigenvalue weighted by atomic mass is 10.0. The summed E-state index contributed by atoms with van der Waals surface area (Å²) in [5.41, 5.74) is 5.26. The standard InChI is InChI=1S/C26H22ClN3O/c27-22-12-6-11-20(16-22)25-24-14-7-15-29(24)23-13-5-4-10-21(23)18-30(25)26(31)28-17-19-8-2-1-3-9-19/h1-16,25H,17-18H2,(H,28,31)/t25-/m0/s1. The zero-order valence-electron chi connectivity index (χ0n) is 16.9. The van der Waals surface area contributed by atoms with Crippen molar-refractivity contribution in [2.45, 2.75) is 19.1 Å². The van der Waals surface area contributed by atoms with Crippen molar-refractivity contribution in [2.75, 3.05) is 0 Å². The molecule has 0 saturated carbocycles. The number of amides is 2.